The van der Waals surface area contributed by atoms with Crippen LogP contribution in [0.3, 0.4) is 0 Å². The third kappa shape index (κ3) is 7.99. The van der Waals surface area contributed by atoms with E-state index in [9.17, 15) is 9.59 Å². The first-order valence-corrected chi connectivity index (χ1v) is 25.0. The Hall–Kier alpha value is -6.54. The van der Waals surface area contributed by atoms with Crippen molar-refractivity contribution < 1.29 is 9.59 Å². The molecule has 2 aliphatic carbocycles. The summed E-state index contributed by atoms with van der Waals surface area (Å²) < 4.78 is 0. The molecule has 68 heavy (non-hydrogen) atoms. The smallest absolute Gasteiger partial charge is 0.227 e. The normalized spacial score (nSPS) is 21.3. The number of carbonyl (C=O) groups is 2. The van der Waals surface area contributed by atoms with Gasteiger partial charge in [-0.25, -0.2) is 9.97 Å². The number of nitrogens with one attached hydrogen (secondary N) is 2. The molecule has 0 bridgehead atoms. The van der Waals surface area contributed by atoms with Gasteiger partial charge in [0, 0.05) is 13.1 Å². The highest BCUT2D eigenvalue weighted by atomic mass is 16.2. The maximum atomic E-state index is 13.6. The van der Waals surface area contributed by atoms with Gasteiger partial charge in [-0.05, 0) is 128 Å². The summed E-state index contributed by atoms with van der Waals surface area (Å²) >= 11 is 0. The van der Waals surface area contributed by atoms with Crippen LogP contribution in [-0.2, 0) is 46.1 Å². The van der Waals surface area contributed by atoms with Crippen LogP contribution in [0.2, 0.25) is 0 Å². The van der Waals surface area contributed by atoms with Crippen LogP contribution < -0.4 is 0 Å². The predicted octanol–water partition coefficient (Wildman–Crippen LogP) is 12.6. The summed E-state index contributed by atoms with van der Waals surface area (Å²) in [6, 6.07) is 38.3. The van der Waals surface area contributed by atoms with Crippen LogP contribution in [0.15, 0.2) is 122 Å². The van der Waals surface area contributed by atoms with Crippen molar-refractivity contribution in [2.75, 3.05) is 13.1 Å². The zero-order valence-electron chi connectivity index (χ0n) is 40.5. The maximum Gasteiger partial charge on any atom is 0.227 e. The van der Waals surface area contributed by atoms with E-state index in [4.69, 9.17) is 9.97 Å². The van der Waals surface area contributed by atoms with Crippen LogP contribution >= 0.6 is 0 Å². The minimum atomic E-state index is -0.0567. The Bertz CT molecular complexity index is 2790. The molecule has 2 N–H and O–H groups in total. The van der Waals surface area contributed by atoms with Gasteiger partial charge in [0.05, 0.1) is 48.7 Å². The monoisotopic (exact) mass is 901 g/mol. The Balaban J connectivity index is 0.876. The van der Waals surface area contributed by atoms with Crippen molar-refractivity contribution in [3.63, 3.8) is 0 Å². The van der Waals surface area contributed by atoms with Gasteiger partial charge in [-0.2, -0.15) is 0 Å². The molecule has 2 aromatic heterocycles. The van der Waals surface area contributed by atoms with E-state index in [0.29, 0.717) is 24.7 Å². The molecule has 2 fully saturated rings. The molecule has 11 rings (SSSR count). The first-order chi connectivity index (χ1) is 32.8. The molecule has 5 aromatic carbocycles. The van der Waals surface area contributed by atoms with E-state index in [-0.39, 0.29) is 34.7 Å². The fourth-order valence-electron chi connectivity index (χ4n) is 12.5. The molecule has 346 valence electrons. The van der Waals surface area contributed by atoms with Gasteiger partial charge in [0.15, 0.2) is 0 Å². The molecule has 7 aromatic rings. The third-order valence-corrected chi connectivity index (χ3v) is 15.9. The van der Waals surface area contributed by atoms with Gasteiger partial charge in [0.2, 0.25) is 11.8 Å². The summed E-state index contributed by atoms with van der Waals surface area (Å²) in [5.74, 6) is 2.86. The van der Waals surface area contributed by atoms with E-state index in [1.807, 2.05) is 82.9 Å². The van der Waals surface area contributed by atoms with Crippen molar-refractivity contribution in [3.05, 3.63) is 167 Å². The summed E-state index contributed by atoms with van der Waals surface area (Å²) in [6.07, 6.45) is 10.8. The van der Waals surface area contributed by atoms with Crippen molar-refractivity contribution >= 4 is 11.8 Å². The number of H-pyrrole nitrogens is 2. The molecule has 2 saturated heterocycles. The Kier molecular flexibility index (Phi) is 11.1. The molecule has 2 amide bonds. The van der Waals surface area contributed by atoms with E-state index in [1.54, 1.807) is 0 Å². The molecule has 4 aliphatic rings. The average molecular weight is 901 g/mol. The zero-order valence-corrected chi connectivity index (χ0v) is 40.5. The average Bonchev–Trinajstić information content (AvgIpc) is 4.21. The number of fused-ring (bicyclic) bond motifs is 2. The number of rotatable bonds is 10. The van der Waals surface area contributed by atoms with E-state index in [0.717, 1.165) is 96.9 Å². The first kappa shape index (κ1) is 44.0. The lowest BCUT2D eigenvalue weighted by Gasteiger charge is -2.30. The molecule has 0 spiro atoms. The summed E-state index contributed by atoms with van der Waals surface area (Å²) in [7, 11) is 0. The molecular weight excluding hydrogens is 837 g/mol. The molecule has 8 heteroatoms. The van der Waals surface area contributed by atoms with Gasteiger partial charge in [-0.1, -0.05) is 151 Å². The molecule has 4 atom stereocenters. The van der Waals surface area contributed by atoms with Gasteiger partial charge in [-0.3, -0.25) is 9.59 Å². The fourth-order valence-corrected chi connectivity index (χ4v) is 12.5. The van der Waals surface area contributed by atoms with E-state index in [2.05, 4.69) is 100 Å². The number of nitrogens with zero attached hydrogens (tertiary/aromatic N) is 4. The Morgan fingerprint density at radius 1 is 0.544 bits per heavy atom. The highest BCUT2D eigenvalue weighted by molar-refractivity contribution is 5.88. The van der Waals surface area contributed by atoms with Crippen LogP contribution in [0.4, 0.5) is 0 Å². The summed E-state index contributed by atoms with van der Waals surface area (Å²) in [5.41, 5.74) is 17.8. The Morgan fingerprint density at radius 3 is 1.29 bits per heavy atom. The number of amides is 2. The lowest BCUT2D eigenvalue weighted by atomic mass is 9.73. The molecule has 0 radical (unpaired) electrons. The van der Waals surface area contributed by atoms with Crippen LogP contribution in [0.1, 0.15) is 124 Å². The molecular formula is C60H64N6O2. The summed E-state index contributed by atoms with van der Waals surface area (Å²) in [5, 5.41) is 0. The quantitative estimate of drug-likeness (QED) is 0.143. The van der Waals surface area contributed by atoms with Gasteiger partial charge >= 0.3 is 0 Å². The fraction of sp³-hybridized carbons (Fsp3) is 0.367. The molecule has 4 heterocycles. The lowest BCUT2D eigenvalue weighted by molar-refractivity contribution is -0.132. The summed E-state index contributed by atoms with van der Waals surface area (Å²) in [6.45, 7) is 15.7. The number of carbonyl (C=O) groups excluding carboxylic acids is 2. The second-order valence-corrected chi connectivity index (χ2v) is 21.9. The highest BCUT2D eigenvalue weighted by Crippen LogP contribution is 2.56. The van der Waals surface area contributed by atoms with E-state index >= 15 is 0 Å². The highest BCUT2D eigenvalue weighted by Gasteiger charge is 2.43. The number of aromatic nitrogens is 4. The molecule has 2 unspecified atom stereocenters. The van der Waals surface area contributed by atoms with Crippen LogP contribution in [0, 0.1) is 11.8 Å². The molecule has 2 aliphatic heterocycles. The van der Waals surface area contributed by atoms with Crippen molar-refractivity contribution in [3.8, 4) is 44.8 Å². The zero-order chi connectivity index (χ0) is 46.9. The minimum absolute atomic E-state index is 0.0285. The Labute approximate surface area is 401 Å². The van der Waals surface area contributed by atoms with Gasteiger partial charge < -0.3 is 19.8 Å². The first-order valence-electron chi connectivity index (χ1n) is 25.0. The number of hydrogen-bond acceptors (Lipinski definition) is 4. The number of imidazole rings is 2. The standard InChI is InChI=1S/C60H64N6O2/c1-37-29-49(65(35-37)51(67)31-39-13-9-7-10-14-39)57-61-33-47(63-57)41-17-21-43(22-18-41)53-45-25-27-60(5,6)56(45)54(46-26-28-59(3,4)55(46)53)44-23-19-42(20-24-44)48-34-62-58(64-48)50-30-38(2)36-66(50)52(68)32-40-15-11-8-12-16-40/h7-24,33-34,37-38,49-50H,25-32,35-36H2,1-6H3,(H,61,63)(H,62,64)/t37?,38?,49-,50-/m0/s1. The number of likely N-dealkylation sites (tertiary alicyclic amines) is 2. The van der Waals surface area contributed by atoms with Crippen molar-refractivity contribution in [1.29, 1.82) is 0 Å². The Morgan fingerprint density at radius 2 is 0.912 bits per heavy atom. The van der Waals surface area contributed by atoms with Crippen LogP contribution in [0.5, 0.6) is 0 Å². The summed E-state index contributed by atoms with van der Waals surface area (Å²) in [4.78, 5) is 48.3. The van der Waals surface area contributed by atoms with E-state index in [1.165, 1.54) is 44.5 Å². The molecule has 8 nitrogen and oxygen atoms in total. The maximum absolute atomic E-state index is 13.6. The number of aromatic amines is 2. The van der Waals surface area contributed by atoms with E-state index < -0.39 is 0 Å². The van der Waals surface area contributed by atoms with Crippen molar-refractivity contribution in [2.45, 2.75) is 116 Å². The second kappa shape index (κ2) is 17.2. The second-order valence-electron chi connectivity index (χ2n) is 21.9. The predicted molar refractivity (Wildman–Crippen MR) is 272 cm³/mol. The largest absolute Gasteiger partial charge is 0.340 e. The van der Waals surface area contributed by atoms with Crippen molar-refractivity contribution in [1.82, 2.24) is 29.7 Å². The SMILES string of the molecule is CC1C[C@@H](c2ncc(-c3ccc(-c4c5c(c(-c6ccc(-c7cnc([C@@H]8CC(C)CN8C(=O)Cc8ccccc8)[nH]7)cc6)c6c4C(C)(C)CC6)C(C)(C)CC5)cc3)[nH]2)N(C(=O)Cc2ccccc2)C1. The van der Waals surface area contributed by atoms with Gasteiger partial charge in [0.1, 0.15) is 11.6 Å². The lowest BCUT2D eigenvalue weighted by Crippen LogP contribution is -2.32. The minimum Gasteiger partial charge on any atom is -0.340 e. The van der Waals surface area contributed by atoms with Gasteiger partial charge in [-0.15, -0.1) is 0 Å². The molecule has 0 saturated carbocycles. The van der Waals surface area contributed by atoms with Crippen LogP contribution in [0.25, 0.3) is 44.8 Å². The van der Waals surface area contributed by atoms with Gasteiger partial charge in [0.25, 0.3) is 0 Å². The number of benzene rings is 5. The number of hydrogen-bond donors (Lipinski definition) is 2. The van der Waals surface area contributed by atoms with Crippen molar-refractivity contribution in [2.24, 2.45) is 11.8 Å². The third-order valence-electron chi connectivity index (χ3n) is 15.9. The topological polar surface area (TPSA) is 98.0 Å². The van der Waals surface area contributed by atoms with Crippen LogP contribution in [-0.4, -0.2) is 54.6 Å².